The van der Waals surface area contributed by atoms with E-state index < -0.39 is 0 Å². The van der Waals surface area contributed by atoms with Crippen LogP contribution in [0, 0.1) is 17.4 Å². The zero-order valence-electron chi connectivity index (χ0n) is 20.4. The summed E-state index contributed by atoms with van der Waals surface area (Å²) in [6.45, 7) is 6.57. The molecule has 1 N–H and O–H groups in total. The number of aliphatic imine (C=N–C) groups is 1. The van der Waals surface area contributed by atoms with Crippen molar-refractivity contribution in [2.75, 3.05) is 24.5 Å². The number of aromatic nitrogens is 3. The molecule has 1 aliphatic heterocycles. The summed E-state index contributed by atoms with van der Waals surface area (Å²) in [5.41, 5.74) is 3.56. The van der Waals surface area contributed by atoms with E-state index >= 15 is 0 Å². The quantitative estimate of drug-likeness (QED) is 0.199. The number of nitriles is 1. The monoisotopic (exact) mass is 476 g/mol. The van der Waals surface area contributed by atoms with E-state index in [1.165, 1.54) is 0 Å². The number of rotatable bonds is 4. The van der Waals surface area contributed by atoms with Gasteiger partial charge in [-0.2, -0.15) is 5.26 Å². The van der Waals surface area contributed by atoms with Gasteiger partial charge >= 0.3 is 0 Å². The van der Waals surface area contributed by atoms with Gasteiger partial charge in [0.15, 0.2) is 6.19 Å². The van der Waals surface area contributed by atoms with Crippen molar-refractivity contribution < 1.29 is 0 Å². The van der Waals surface area contributed by atoms with Crippen molar-refractivity contribution in [1.29, 1.82) is 5.26 Å². The van der Waals surface area contributed by atoms with E-state index in [9.17, 15) is 5.26 Å². The van der Waals surface area contributed by atoms with Gasteiger partial charge in [0.2, 0.25) is 5.96 Å². The molecule has 0 spiro atoms. The Balaban J connectivity index is 1.41. The van der Waals surface area contributed by atoms with E-state index in [-0.39, 0.29) is 6.04 Å². The number of nitrogens with one attached hydrogen (secondary N) is 1. The van der Waals surface area contributed by atoms with E-state index in [4.69, 9.17) is 9.98 Å². The van der Waals surface area contributed by atoms with Gasteiger partial charge in [-0.05, 0) is 30.2 Å². The fourth-order valence-corrected chi connectivity index (χ4v) is 4.61. The third-order valence-electron chi connectivity index (χ3n) is 6.51. The van der Waals surface area contributed by atoms with Crippen LogP contribution in [0.3, 0.4) is 0 Å². The molecular formula is C28H28N8. The van der Waals surface area contributed by atoms with Crippen molar-refractivity contribution in [3.05, 3.63) is 79.3 Å². The van der Waals surface area contributed by atoms with E-state index in [1.807, 2.05) is 73.1 Å². The van der Waals surface area contributed by atoms with Crippen LogP contribution in [-0.4, -0.2) is 51.5 Å². The highest BCUT2D eigenvalue weighted by Crippen LogP contribution is 2.27. The molecule has 0 amide bonds. The van der Waals surface area contributed by atoms with Crippen molar-refractivity contribution in [2.45, 2.75) is 19.9 Å². The summed E-state index contributed by atoms with van der Waals surface area (Å²) in [7, 11) is 0. The average molecular weight is 477 g/mol. The number of pyridine rings is 1. The van der Waals surface area contributed by atoms with Gasteiger partial charge in [0, 0.05) is 36.8 Å². The highest BCUT2D eigenvalue weighted by atomic mass is 15.4. The summed E-state index contributed by atoms with van der Waals surface area (Å²) in [6, 6.07) is 19.9. The van der Waals surface area contributed by atoms with Crippen LogP contribution in [0.15, 0.2) is 84.2 Å². The van der Waals surface area contributed by atoms with Crippen LogP contribution in [0.4, 0.5) is 11.5 Å². The molecule has 0 saturated carbocycles. The minimum atomic E-state index is 0.127. The normalized spacial score (nSPS) is 16.3. The average Bonchev–Trinajstić information content (AvgIpc) is 2.93. The molecule has 2 aromatic heterocycles. The van der Waals surface area contributed by atoms with Crippen molar-refractivity contribution >= 4 is 28.4 Å². The molecule has 36 heavy (non-hydrogen) atoms. The Bertz CT molecular complexity index is 1390. The van der Waals surface area contributed by atoms with Crippen molar-refractivity contribution in [2.24, 2.45) is 10.9 Å². The lowest BCUT2D eigenvalue weighted by Crippen LogP contribution is -2.59. The third kappa shape index (κ3) is 4.82. The van der Waals surface area contributed by atoms with Gasteiger partial charge in [0.1, 0.15) is 5.82 Å². The molecule has 8 nitrogen and oxygen atoms in total. The second kappa shape index (κ2) is 10.4. The molecule has 0 aliphatic carbocycles. The molecular weight excluding hydrogens is 448 g/mol. The molecule has 2 aromatic carbocycles. The van der Waals surface area contributed by atoms with Gasteiger partial charge in [-0.15, -0.1) is 0 Å². The molecule has 1 fully saturated rings. The zero-order chi connectivity index (χ0) is 24.9. The summed E-state index contributed by atoms with van der Waals surface area (Å²) in [5, 5.41) is 13.3. The van der Waals surface area contributed by atoms with Crippen LogP contribution in [-0.2, 0) is 0 Å². The first-order valence-corrected chi connectivity index (χ1v) is 12.1. The van der Waals surface area contributed by atoms with Crippen LogP contribution >= 0.6 is 0 Å². The Morgan fingerprint density at radius 2 is 1.86 bits per heavy atom. The lowest BCUT2D eigenvalue weighted by atomic mass is 10.00. The van der Waals surface area contributed by atoms with Crippen LogP contribution in [0.25, 0.3) is 22.2 Å². The molecule has 1 aliphatic rings. The summed E-state index contributed by atoms with van der Waals surface area (Å²) >= 11 is 0. The summed E-state index contributed by atoms with van der Waals surface area (Å²) in [6.07, 6.45) is 7.54. The SMILES string of the molecule is CC(C)C1CN(c2cnc(-c3ccccc3)cn2)CCN1C(=Nc1cccc2ncccc12)NC#N. The highest BCUT2D eigenvalue weighted by Gasteiger charge is 2.32. The number of hydrogen-bond donors (Lipinski definition) is 1. The first-order valence-electron chi connectivity index (χ1n) is 12.1. The number of nitrogens with zero attached hydrogens (tertiary/aromatic N) is 7. The van der Waals surface area contributed by atoms with E-state index in [1.54, 1.807) is 6.20 Å². The maximum absolute atomic E-state index is 9.52. The third-order valence-corrected chi connectivity index (χ3v) is 6.51. The minimum absolute atomic E-state index is 0.127. The van der Waals surface area contributed by atoms with Gasteiger partial charge in [0.05, 0.1) is 35.3 Å². The van der Waals surface area contributed by atoms with E-state index in [2.05, 4.69) is 45.1 Å². The van der Waals surface area contributed by atoms with Crippen LogP contribution < -0.4 is 10.2 Å². The molecule has 3 heterocycles. The molecule has 1 saturated heterocycles. The first-order chi connectivity index (χ1) is 17.6. The minimum Gasteiger partial charge on any atom is -0.351 e. The molecule has 8 heteroatoms. The van der Waals surface area contributed by atoms with Gasteiger partial charge in [0.25, 0.3) is 0 Å². The Morgan fingerprint density at radius 1 is 1.00 bits per heavy atom. The summed E-state index contributed by atoms with van der Waals surface area (Å²) in [5.74, 6) is 1.73. The summed E-state index contributed by atoms with van der Waals surface area (Å²) in [4.78, 5) is 23.2. The largest absolute Gasteiger partial charge is 0.351 e. The van der Waals surface area contributed by atoms with E-state index in [0.29, 0.717) is 18.4 Å². The molecule has 1 atom stereocenters. The fraction of sp³-hybridized carbons (Fsp3) is 0.250. The molecule has 5 rings (SSSR count). The predicted octanol–water partition coefficient (Wildman–Crippen LogP) is 4.60. The number of fused-ring (bicyclic) bond motifs is 1. The van der Waals surface area contributed by atoms with Gasteiger partial charge in [-0.1, -0.05) is 50.2 Å². The Morgan fingerprint density at radius 3 is 2.61 bits per heavy atom. The zero-order valence-corrected chi connectivity index (χ0v) is 20.4. The lowest BCUT2D eigenvalue weighted by molar-refractivity contribution is 0.220. The number of anilines is 1. The van der Waals surface area contributed by atoms with Crippen LogP contribution in [0.5, 0.6) is 0 Å². The van der Waals surface area contributed by atoms with Crippen molar-refractivity contribution in [3.8, 4) is 17.5 Å². The van der Waals surface area contributed by atoms with Crippen LogP contribution in [0.1, 0.15) is 13.8 Å². The second-order valence-electron chi connectivity index (χ2n) is 9.10. The Labute approximate surface area is 211 Å². The number of guanidine groups is 1. The maximum atomic E-state index is 9.52. The van der Waals surface area contributed by atoms with Crippen molar-refractivity contribution in [3.63, 3.8) is 0 Å². The van der Waals surface area contributed by atoms with E-state index in [0.717, 1.165) is 46.8 Å². The Kier molecular flexibility index (Phi) is 6.72. The number of benzene rings is 2. The predicted molar refractivity (Wildman–Crippen MR) is 143 cm³/mol. The first kappa shape index (κ1) is 23.2. The standard InChI is InChI=1S/C28H28N8/c1-20(2)26-18-35(27-17-31-25(16-32-27)21-8-4-3-5-9-21)14-15-36(26)28(33-19-29)34-24-12-6-11-23-22(24)10-7-13-30-23/h3-13,16-17,20,26H,14-15,18H2,1-2H3,(H,33,34). The number of piperazine rings is 1. The molecule has 0 bridgehead atoms. The highest BCUT2D eigenvalue weighted by molar-refractivity contribution is 5.94. The van der Waals surface area contributed by atoms with Crippen LogP contribution in [0.2, 0.25) is 0 Å². The summed E-state index contributed by atoms with van der Waals surface area (Å²) < 4.78 is 0. The fourth-order valence-electron chi connectivity index (χ4n) is 4.61. The Hall–Kier alpha value is -4.51. The van der Waals surface area contributed by atoms with Gasteiger partial charge in [-0.25, -0.2) is 9.98 Å². The smallest absolute Gasteiger partial charge is 0.213 e. The second-order valence-corrected chi connectivity index (χ2v) is 9.10. The number of hydrogen-bond acceptors (Lipinski definition) is 6. The van der Waals surface area contributed by atoms with Gasteiger partial charge in [-0.3, -0.25) is 15.3 Å². The molecule has 4 aromatic rings. The molecule has 0 radical (unpaired) electrons. The lowest BCUT2D eigenvalue weighted by Gasteiger charge is -2.44. The topological polar surface area (TPSA) is 93.3 Å². The van der Waals surface area contributed by atoms with Crippen molar-refractivity contribution in [1.82, 2.24) is 25.2 Å². The maximum Gasteiger partial charge on any atom is 0.213 e. The molecule has 1 unspecified atom stereocenters. The van der Waals surface area contributed by atoms with Gasteiger partial charge < -0.3 is 9.80 Å². The molecule has 180 valence electrons.